The molecule has 100 valence electrons. The smallest absolute Gasteiger partial charge is 0.191 e. The lowest BCUT2D eigenvalue weighted by molar-refractivity contribution is 0.428. The zero-order valence-corrected chi connectivity index (χ0v) is 13.0. The van der Waals surface area contributed by atoms with Gasteiger partial charge in [-0.3, -0.25) is 4.99 Å². The van der Waals surface area contributed by atoms with Gasteiger partial charge in [0.15, 0.2) is 5.96 Å². The van der Waals surface area contributed by atoms with Gasteiger partial charge in [0.2, 0.25) is 0 Å². The average Bonchev–Trinajstić information content (AvgIpc) is 2.63. The van der Waals surface area contributed by atoms with E-state index in [9.17, 15) is 0 Å². The third-order valence-electron chi connectivity index (χ3n) is 3.19. The monoisotopic (exact) mass is 329 g/mol. The van der Waals surface area contributed by atoms with E-state index in [2.05, 4.69) is 38.0 Å². The average molecular weight is 330 g/mol. The number of hydrogen-bond acceptors (Lipinski definition) is 2. The van der Waals surface area contributed by atoms with Crippen LogP contribution in [0.5, 0.6) is 0 Å². The molecule has 0 unspecified atom stereocenters. The highest BCUT2D eigenvalue weighted by Gasteiger charge is 2.10. The number of nitrogens with two attached hydrogens (primary N) is 1. The molecule has 0 aliphatic carbocycles. The molecule has 0 aromatic carbocycles. The van der Waals surface area contributed by atoms with Crippen LogP contribution in [0, 0.1) is 0 Å². The maximum Gasteiger partial charge on any atom is 0.191 e. The molecule has 0 spiro atoms. The van der Waals surface area contributed by atoms with Crippen LogP contribution in [0.1, 0.15) is 30.6 Å². The molecule has 2 N–H and O–H groups in total. The van der Waals surface area contributed by atoms with E-state index < -0.39 is 0 Å². The summed E-state index contributed by atoms with van der Waals surface area (Å²) in [6.07, 6.45) is 6.12. The lowest BCUT2D eigenvalue weighted by atomic mass is 10.2. The van der Waals surface area contributed by atoms with Crippen molar-refractivity contribution in [3.8, 4) is 0 Å². The molecule has 18 heavy (non-hydrogen) atoms. The lowest BCUT2D eigenvalue weighted by Crippen LogP contribution is -2.38. The number of nitrogens with zero attached hydrogens (tertiary/aromatic N) is 2. The van der Waals surface area contributed by atoms with E-state index in [0.29, 0.717) is 0 Å². The lowest BCUT2D eigenvalue weighted by Gasteiger charge is -2.20. The predicted octanol–water partition coefficient (Wildman–Crippen LogP) is 3.24. The Morgan fingerprint density at radius 3 is 2.61 bits per heavy atom. The highest BCUT2D eigenvalue weighted by Crippen LogP contribution is 2.22. The molecular weight excluding hydrogens is 310 g/mol. The summed E-state index contributed by atoms with van der Waals surface area (Å²) < 4.78 is 1.18. The second kappa shape index (κ2) is 7.14. The first kappa shape index (κ1) is 13.9. The van der Waals surface area contributed by atoms with Crippen LogP contribution in [-0.4, -0.2) is 30.5 Å². The van der Waals surface area contributed by atoms with Gasteiger partial charge in [-0.25, -0.2) is 0 Å². The van der Waals surface area contributed by atoms with Crippen LogP contribution in [0.15, 0.2) is 20.9 Å². The van der Waals surface area contributed by atoms with Crippen molar-refractivity contribution in [3.63, 3.8) is 0 Å². The molecule has 1 fully saturated rings. The Bertz CT molecular complexity index is 395. The Hall–Kier alpha value is -0.550. The molecule has 0 atom stereocenters. The van der Waals surface area contributed by atoms with E-state index in [1.165, 1.54) is 34.3 Å². The van der Waals surface area contributed by atoms with Gasteiger partial charge in [-0.15, -0.1) is 11.3 Å². The highest BCUT2D eigenvalue weighted by atomic mass is 79.9. The van der Waals surface area contributed by atoms with E-state index in [4.69, 9.17) is 5.73 Å². The largest absolute Gasteiger partial charge is 0.370 e. The van der Waals surface area contributed by atoms with Gasteiger partial charge in [-0.2, -0.15) is 0 Å². The van der Waals surface area contributed by atoms with Crippen molar-refractivity contribution in [3.05, 3.63) is 20.8 Å². The molecule has 0 saturated carbocycles. The highest BCUT2D eigenvalue weighted by molar-refractivity contribution is 9.11. The van der Waals surface area contributed by atoms with Crippen molar-refractivity contribution in [2.75, 3.05) is 19.6 Å². The molecule has 2 rings (SSSR count). The zero-order chi connectivity index (χ0) is 12.8. The third kappa shape index (κ3) is 4.28. The number of thiophene rings is 1. The quantitative estimate of drug-likeness (QED) is 0.683. The van der Waals surface area contributed by atoms with Crippen molar-refractivity contribution in [1.82, 2.24) is 4.90 Å². The predicted molar refractivity (Wildman–Crippen MR) is 82.3 cm³/mol. The van der Waals surface area contributed by atoms with Gasteiger partial charge in [0.05, 0.1) is 3.79 Å². The van der Waals surface area contributed by atoms with Crippen LogP contribution in [0.3, 0.4) is 0 Å². The van der Waals surface area contributed by atoms with E-state index in [1.54, 1.807) is 11.3 Å². The Kier molecular flexibility index (Phi) is 5.50. The second-order valence-electron chi connectivity index (χ2n) is 4.60. The van der Waals surface area contributed by atoms with Crippen molar-refractivity contribution in [2.45, 2.75) is 32.1 Å². The van der Waals surface area contributed by atoms with E-state index in [0.717, 1.165) is 32.0 Å². The normalized spacial score (nSPS) is 17.8. The van der Waals surface area contributed by atoms with Crippen LogP contribution in [-0.2, 0) is 6.42 Å². The number of halogens is 1. The minimum Gasteiger partial charge on any atom is -0.370 e. The summed E-state index contributed by atoms with van der Waals surface area (Å²) in [6.45, 7) is 2.93. The third-order valence-corrected chi connectivity index (χ3v) is 4.87. The van der Waals surface area contributed by atoms with Gasteiger partial charge in [-0.1, -0.05) is 12.8 Å². The van der Waals surface area contributed by atoms with Gasteiger partial charge in [0.1, 0.15) is 0 Å². The fourth-order valence-corrected chi connectivity index (χ4v) is 3.64. The molecule has 0 amide bonds. The van der Waals surface area contributed by atoms with Crippen LogP contribution in [0.25, 0.3) is 0 Å². The van der Waals surface area contributed by atoms with Crippen LogP contribution in [0.4, 0.5) is 0 Å². The number of hydrogen-bond donors (Lipinski definition) is 1. The molecule has 1 saturated heterocycles. The zero-order valence-electron chi connectivity index (χ0n) is 10.6. The number of rotatable bonds is 3. The minimum atomic E-state index is 0.729. The van der Waals surface area contributed by atoms with Crippen molar-refractivity contribution in [1.29, 1.82) is 0 Å². The van der Waals surface area contributed by atoms with Crippen LogP contribution >= 0.6 is 27.3 Å². The van der Waals surface area contributed by atoms with Crippen LogP contribution < -0.4 is 5.73 Å². The first-order chi connectivity index (χ1) is 8.75. The molecule has 3 nitrogen and oxygen atoms in total. The van der Waals surface area contributed by atoms with Gasteiger partial charge in [0, 0.05) is 30.9 Å². The molecule has 1 aliphatic rings. The number of aliphatic imine (C=N–C) groups is 1. The van der Waals surface area contributed by atoms with E-state index in [1.807, 2.05) is 0 Å². The molecular formula is C13H20BrN3S. The Morgan fingerprint density at radius 1 is 1.28 bits per heavy atom. The van der Waals surface area contributed by atoms with Crippen LogP contribution in [0.2, 0.25) is 0 Å². The fraction of sp³-hybridized carbons (Fsp3) is 0.615. The van der Waals surface area contributed by atoms with E-state index in [-0.39, 0.29) is 0 Å². The SMILES string of the molecule is NC(=NCCc1ccc(Br)s1)N1CCCCCC1. The van der Waals surface area contributed by atoms with Gasteiger partial charge >= 0.3 is 0 Å². The number of likely N-dealkylation sites (tertiary alicyclic amines) is 1. The molecule has 1 aromatic rings. The minimum absolute atomic E-state index is 0.729. The molecule has 1 aromatic heterocycles. The fourth-order valence-electron chi connectivity index (χ4n) is 2.17. The van der Waals surface area contributed by atoms with Gasteiger partial charge in [-0.05, 0) is 40.9 Å². The summed E-state index contributed by atoms with van der Waals surface area (Å²) in [4.78, 5) is 8.10. The number of guanidine groups is 1. The first-order valence-electron chi connectivity index (χ1n) is 6.55. The topological polar surface area (TPSA) is 41.6 Å². The van der Waals surface area contributed by atoms with Crippen molar-refractivity contribution < 1.29 is 0 Å². The summed E-state index contributed by atoms with van der Waals surface area (Å²) in [6, 6.07) is 4.23. The Labute approximate surface area is 121 Å². The van der Waals surface area contributed by atoms with Gasteiger partial charge in [0.25, 0.3) is 0 Å². The van der Waals surface area contributed by atoms with Crippen molar-refractivity contribution >= 4 is 33.2 Å². The summed E-state index contributed by atoms with van der Waals surface area (Å²) >= 11 is 5.25. The second-order valence-corrected chi connectivity index (χ2v) is 7.14. The molecule has 5 heteroatoms. The maximum absolute atomic E-state index is 6.06. The van der Waals surface area contributed by atoms with Crippen molar-refractivity contribution in [2.24, 2.45) is 10.7 Å². The van der Waals surface area contributed by atoms with E-state index >= 15 is 0 Å². The molecule has 0 bridgehead atoms. The molecule has 1 aliphatic heterocycles. The maximum atomic E-state index is 6.06. The molecule has 2 heterocycles. The first-order valence-corrected chi connectivity index (χ1v) is 8.16. The van der Waals surface area contributed by atoms with Gasteiger partial charge < -0.3 is 10.6 Å². The summed E-state index contributed by atoms with van der Waals surface area (Å²) in [5, 5.41) is 0. The molecule has 0 radical (unpaired) electrons. The standard InChI is InChI=1S/C13H20BrN3S/c14-12-6-5-11(18-12)7-8-16-13(15)17-9-3-1-2-4-10-17/h5-6H,1-4,7-10H2,(H2,15,16). The Morgan fingerprint density at radius 2 is 2.00 bits per heavy atom. The Balaban J connectivity index is 1.80. The summed E-state index contributed by atoms with van der Waals surface area (Å²) in [7, 11) is 0. The summed E-state index contributed by atoms with van der Waals surface area (Å²) in [5.41, 5.74) is 6.06. The summed E-state index contributed by atoms with van der Waals surface area (Å²) in [5.74, 6) is 0.729.